The third-order valence-corrected chi connectivity index (χ3v) is 3.86. The van der Waals surface area contributed by atoms with E-state index in [0.717, 1.165) is 10.9 Å². The van der Waals surface area contributed by atoms with Crippen LogP contribution < -0.4 is 11.2 Å². The second-order valence-corrected chi connectivity index (χ2v) is 5.57. The van der Waals surface area contributed by atoms with E-state index in [1.54, 1.807) is 49.4 Å². The van der Waals surface area contributed by atoms with Crippen LogP contribution in [0.5, 0.6) is 0 Å². The molecule has 2 aromatic carbocycles. The first-order valence-electron chi connectivity index (χ1n) is 7.06. The molecule has 0 unspecified atom stereocenters. The zero-order chi connectivity index (χ0) is 17.3. The lowest BCUT2D eigenvalue weighted by molar-refractivity contribution is 0.103. The molecule has 3 aromatic rings. The Morgan fingerprint density at radius 2 is 1.88 bits per heavy atom. The van der Waals surface area contributed by atoms with Crippen molar-refractivity contribution >= 4 is 17.4 Å². The molecule has 0 fully saturated rings. The van der Waals surface area contributed by atoms with Crippen molar-refractivity contribution in [3.8, 4) is 5.69 Å². The summed E-state index contributed by atoms with van der Waals surface area (Å²) in [4.78, 5) is 37.6. The monoisotopic (exact) mass is 341 g/mol. The van der Waals surface area contributed by atoms with Crippen molar-refractivity contribution in [3.63, 3.8) is 0 Å². The fourth-order valence-corrected chi connectivity index (χ4v) is 2.58. The smallest absolute Gasteiger partial charge is 0.289 e. The van der Waals surface area contributed by atoms with Gasteiger partial charge in [-0.25, -0.2) is 4.79 Å². The highest BCUT2D eigenvalue weighted by molar-refractivity contribution is 6.35. The topological polar surface area (TPSA) is 84.8 Å². The lowest BCUT2D eigenvalue weighted by Crippen LogP contribution is -2.30. The van der Waals surface area contributed by atoms with Gasteiger partial charge in [0.2, 0.25) is 0 Å². The van der Waals surface area contributed by atoms with E-state index in [4.69, 9.17) is 11.6 Å². The first kappa shape index (κ1) is 15.9. The van der Waals surface area contributed by atoms with Crippen molar-refractivity contribution in [2.45, 2.75) is 6.92 Å². The van der Waals surface area contributed by atoms with E-state index in [2.05, 4.69) is 10.1 Å². The third kappa shape index (κ3) is 2.91. The summed E-state index contributed by atoms with van der Waals surface area (Å²) in [7, 11) is 0. The normalized spacial score (nSPS) is 10.6. The Kier molecular flexibility index (Phi) is 4.14. The summed E-state index contributed by atoms with van der Waals surface area (Å²) in [6.45, 7) is 1.75. The van der Waals surface area contributed by atoms with Crippen LogP contribution in [0.2, 0.25) is 5.02 Å². The van der Waals surface area contributed by atoms with Crippen LogP contribution in [0.15, 0.2) is 58.3 Å². The summed E-state index contributed by atoms with van der Waals surface area (Å²) in [6, 6.07) is 11.7. The molecule has 6 nitrogen and oxygen atoms in total. The lowest BCUT2D eigenvalue weighted by Gasteiger charge is -2.09. The number of H-pyrrole nitrogens is 1. The number of aryl methyl sites for hydroxylation is 1. The van der Waals surface area contributed by atoms with E-state index < -0.39 is 11.2 Å². The quantitative estimate of drug-likeness (QED) is 0.739. The van der Waals surface area contributed by atoms with Crippen LogP contribution in [0, 0.1) is 6.92 Å². The molecule has 0 atom stereocenters. The Morgan fingerprint density at radius 1 is 1.12 bits per heavy atom. The van der Waals surface area contributed by atoms with Crippen LogP contribution in [0.25, 0.3) is 5.69 Å². The van der Waals surface area contributed by atoms with Crippen molar-refractivity contribution in [2.24, 2.45) is 0 Å². The predicted octanol–water partition coefficient (Wildman–Crippen LogP) is 2.11. The van der Waals surface area contributed by atoms with Gasteiger partial charge in [-0.05, 0) is 42.8 Å². The Morgan fingerprint density at radius 3 is 2.54 bits per heavy atom. The van der Waals surface area contributed by atoms with Crippen LogP contribution in [0.4, 0.5) is 0 Å². The molecule has 1 N–H and O–H groups in total. The number of aromatic nitrogens is 3. The maximum Gasteiger partial charge on any atom is 0.349 e. The molecule has 7 heteroatoms. The van der Waals surface area contributed by atoms with Crippen molar-refractivity contribution in [3.05, 3.63) is 91.2 Å². The van der Waals surface area contributed by atoms with Gasteiger partial charge in [-0.2, -0.15) is 9.78 Å². The summed E-state index contributed by atoms with van der Waals surface area (Å²) in [5.74, 6) is -0.202. The van der Waals surface area contributed by atoms with Crippen LogP contribution in [-0.4, -0.2) is 20.5 Å². The Labute approximate surface area is 141 Å². The number of rotatable bonds is 3. The van der Waals surface area contributed by atoms with Crippen LogP contribution >= 0.6 is 11.6 Å². The van der Waals surface area contributed by atoms with Crippen LogP contribution in [0.3, 0.4) is 0 Å². The first-order valence-corrected chi connectivity index (χ1v) is 7.44. The average molecular weight is 342 g/mol. The molecule has 0 bridgehead atoms. The SMILES string of the molecule is Cc1cc(-n2ncc(=O)[nH]c2=O)ccc1C(=O)c1ccccc1Cl. The van der Waals surface area contributed by atoms with Gasteiger partial charge in [0.1, 0.15) is 6.20 Å². The largest absolute Gasteiger partial charge is 0.349 e. The maximum absolute atomic E-state index is 12.6. The van der Waals surface area contributed by atoms with Gasteiger partial charge >= 0.3 is 5.69 Å². The minimum Gasteiger partial charge on any atom is -0.289 e. The number of benzene rings is 2. The molecule has 0 spiro atoms. The molecule has 0 radical (unpaired) electrons. The summed E-state index contributed by atoms with van der Waals surface area (Å²) >= 11 is 6.07. The van der Waals surface area contributed by atoms with E-state index in [9.17, 15) is 14.4 Å². The van der Waals surface area contributed by atoms with Crippen molar-refractivity contribution in [1.29, 1.82) is 0 Å². The van der Waals surface area contributed by atoms with Gasteiger partial charge in [-0.1, -0.05) is 23.7 Å². The number of aromatic amines is 1. The Hall–Kier alpha value is -2.99. The molecule has 120 valence electrons. The Balaban J connectivity index is 2.05. The highest BCUT2D eigenvalue weighted by Crippen LogP contribution is 2.22. The molecule has 0 saturated heterocycles. The molecule has 1 aromatic heterocycles. The van der Waals surface area contributed by atoms with E-state index in [1.807, 2.05) is 0 Å². The number of ketones is 1. The van der Waals surface area contributed by atoms with E-state index in [-0.39, 0.29) is 5.78 Å². The van der Waals surface area contributed by atoms with Gasteiger partial charge in [0, 0.05) is 11.1 Å². The van der Waals surface area contributed by atoms with E-state index in [1.165, 1.54) is 0 Å². The van der Waals surface area contributed by atoms with E-state index in [0.29, 0.717) is 27.4 Å². The van der Waals surface area contributed by atoms with Gasteiger partial charge in [0.05, 0.1) is 10.7 Å². The number of carbonyl (C=O) groups excluding carboxylic acids is 1. The zero-order valence-corrected chi connectivity index (χ0v) is 13.4. The fourth-order valence-electron chi connectivity index (χ4n) is 2.36. The van der Waals surface area contributed by atoms with Gasteiger partial charge < -0.3 is 0 Å². The highest BCUT2D eigenvalue weighted by Gasteiger charge is 2.15. The minimum atomic E-state index is -0.646. The number of halogens is 1. The summed E-state index contributed by atoms with van der Waals surface area (Å²) in [6.07, 6.45) is 1.01. The van der Waals surface area contributed by atoms with Gasteiger partial charge in [0.25, 0.3) is 5.56 Å². The maximum atomic E-state index is 12.6. The summed E-state index contributed by atoms with van der Waals surface area (Å²) in [5, 5.41) is 4.17. The zero-order valence-electron chi connectivity index (χ0n) is 12.6. The molecular formula is C17H12ClN3O3. The van der Waals surface area contributed by atoms with E-state index >= 15 is 0 Å². The van der Waals surface area contributed by atoms with Gasteiger partial charge in [0.15, 0.2) is 5.78 Å². The molecule has 0 aliphatic rings. The van der Waals surface area contributed by atoms with Crippen LogP contribution in [0.1, 0.15) is 21.5 Å². The first-order chi connectivity index (χ1) is 11.5. The molecule has 24 heavy (non-hydrogen) atoms. The molecule has 0 aliphatic heterocycles. The summed E-state index contributed by atoms with van der Waals surface area (Å²) in [5.41, 5.74) is 0.783. The number of nitrogens with one attached hydrogen (secondary N) is 1. The third-order valence-electron chi connectivity index (χ3n) is 3.53. The number of nitrogens with zero attached hydrogens (tertiary/aromatic N) is 2. The molecule has 0 aliphatic carbocycles. The molecular weight excluding hydrogens is 330 g/mol. The summed E-state index contributed by atoms with van der Waals surface area (Å²) < 4.78 is 1.05. The second kappa shape index (κ2) is 6.25. The minimum absolute atomic E-state index is 0.202. The van der Waals surface area contributed by atoms with Crippen LogP contribution in [-0.2, 0) is 0 Å². The fraction of sp³-hybridized carbons (Fsp3) is 0.0588. The van der Waals surface area contributed by atoms with Crippen molar-refractivity contribution in [2.75, 3.05) is 0 Å². The second-order valence-electron chi connectivity index (χ2n) is 5.16. The number of carbonyl (C=O) groups is 1. The lowest BCUT2D eigenvalue weighted by atomic mass is 9.98. The van der Waals surface area contributed by atoms with Gasteiger partial charge in [-0.3, -0.25) is 14.6 Å². The molecule has 1 heterocycles. The predicted molar refractivity (Wildman–Crippen MR) is 90.1 cm³/mol. The highest BCUT2D eigenvalue weighted by atomic mass is 35.5. The molecule has 0 saturated carbocycles. The number of hydrogen-bond acceptors (Lipinski definition) is 4. The van der Waals surface area contributed by atoms with Gasteiger partial charge in [-0.15, -0.1) is 0 Å². The standard InChI is InChI=1S/C17H12ClN3O3/c1-10-8-11(21-17(24)20-15(22)9-19-21)6-7-12(10)16(23)13-4-2-3-5-14(13)18/h2-9H,1H3,(H,20,22,24). The Bertz CT molecular complexity index is 1050. The molecule has 3 rings (SSSR count). The average Bonchev–Trinajstić information content (AvgIpc) is 2.54. The number of hydrogen-bond donors (Lipinski definition) is 1. The van der Waals surface area contributed by atoms with Crippen molar-refractivity contribution < 1.29 is 4.79 Å². The van der Waals surface area contributed by atoms with Crippen molar-refractivity contribution in [1.82, 2.24) is 14.8 Å². The molecule has 0 amide bonds.